The predicted octanol–water partition coefficient (Wildman–Crippen LogP) is 4.78. The van der Waals surface area contributed by atoms with Crippen LogP contribution < -0.4 is 0 Å². The number of allylic oxidation sites excluding steroid dienone is 4. The van der Waals surface area contributed by atoms with Crippen LogP contribution in [0.25, 0.3) is 5.57 Å². The van der Waals surface area contributed by atoms with Gasteiger partial charge in [-0.15, -0.1) is 0 Å². The van der Waals surface area contributed by atoms with Gasteiger partial charge in [0, 0.05) is 62.1 Å². The maximum absolute atomic E-state index is 12.1. The number of rotatable bonds is 4. The molecule has 0 atom stereocenters. The minimum Gasteiger partial charge on any atom is -0.345 e. The van der Waals surface area contributed by atoms with Gasteiger partial charge in [-0.1, -0.05) is 46.3 Å². The van der Waals surface area contributed by atoms with E-state index in [1.165, 1.54) is 5.57 Å². The molecule has 1 aromatic carbocycles. The molecule has 7 heteroatoms. The van der Waals surface area contributed by atoms with Crippen LogP contribution in [0.3, 0.4) is 0 Å². The van der Waals surface area contributed by atoms with Crippen molar-refractivity contribution in [1.29, 1.82) is 0 Å². The first-order valence-electron chi connectivity index (χ1n) is 9.72. The van der Waals surface area contributed by atoms with Gasteiger partial charge in [0.25, 0.3) is 5.91 Å². The molecule has 0 fully saturated rings. The quantitative estimate of drug-likeness (QED) is 0.611. The van der Waals surface area contributed by atoms with Crippen molar-refractivity contribution in [2.45, 2.75) is 6.42 Å². The zero-order chi connectivity index (χ0) is 21.8. The average Bonchev–Trinajstić information content (AvgIpc) is 2.72. The second kappa shape index (κ2) is 9.77. The number of hydrazone groups is 1. The summed E-state index contributed by atoms with van der Waals surface area (Å²) in [4.78, 5) is 16.1. The Morgan fingerprint density at radius 2 is 2.13 bits per heavy atom. The summed E-state index contributed by atoms with van der Waals surface area (Å²) in [7, 11) is 5.42. The van der Waals surface area contributed by atoms with E-state index in [2.05, 4.69) is 44.7 Å². The molecule has 1 aromatic rings. The molecule has 3 rings (SSSR count). The average molecular weight is 490 g/mol. The van der Waals surface area contributed by atoms with E-state index in [0.29, 0.717) is 10.6 Å². The molecule has 0 aliphatic carbocycles. The van der Waals surface area contributed by atoms with Gasteiger partial charge in [-0.25, -0.2) is 0 Å². The monoisotopic (exact) mass is 488 g/mol. The molecule has 0 unspecified atom stereocenters. The summed E-state index contributed by atoms with van der Waals surface area (Å²) in [5.41, 5.74) is 4.83. The van der Waals surface area contributed by atoms with Crippen LogP contribution >= 0.6 is 27.5 Å². The van der Waals surface area contributed by atoms with Crippen LogP contribution in [0.4, 0.5) is 0 Å². The van der Waals surface area contributed by atoms with Crippen molar-refractivity contribution in [3.63, 3.8) is 0 Å². The predicted molar refractivity (Wildman–Crippen MR) is 129 cm³/mol. The van der Waals surface area contributed by atoms with Gasteiger partial charge in [0.2, 0.25) is 0 Å². The summed E-state index contributed by atoms with van der Waals surface area (Å²) in [6.45, 7) is 6.63. The summed E-state index contributed by atoms with van der Waals surface area (Å²) in [6.07, 6.45) is 8.83. The Kier molecular flexibility index (Phi) is 7.34. The number of carbonyl (C=O) groups excluding carboxylic acids is 1. The van der Waals surface area contributed by atoms with Crippen LogP contribution in [0, 0.1) is 0 Å². The van der Waals surface area contributed by atoms with Crippen molar-refractivity contribution in [3.05, 3.63) is 74.9 Å². The number of hydrogen-bond donors (Lipinski definition) is 0. The lowest BCUT2D eigenvalue weighted by Gasteiger charge is -2.30. The minimum absolute atomic E-state index is 0.0467. The Morgan fingerprint density at radius 3 is 2.77 bits per heavy atom. The Labute approximate surface area is 191 Å². The van der Waals surface area contributed by atoms with Crippen LogP contribution in [0.1, 0.15) is 22.3 Å². The summed E-state index contributed by atoms with van der Waals surface area (Å²) >= 11 is 10.0. The number of nitrogens with zero attached hydrogens (tertiary/aromatic N) is 4. The van der Waals surface area contributed by atoms with Crippen LogP contribution in [0.2, 0.25) is 5.02 Å². The number of carbonyl (C=O) groups is 1. The van der Waals surface area contributed by atoms with Crippen molar-refractivity contribution in [2.24, 2.45) is 5.10 Å². The largest absolute Gasteiger partial charge is 0.345 e. The van der Waals surface area contributed by atoms with Gasteiger partial charge in [-0.05, 0) is 47.4 Å². The molecule has 0 saturated heterocycles. The molecule has 0 saturated carbocycles. The number of amides is 1. The van der Waals surface area contributed by atoms with Crippen LogP contribution in [-0.4, -0.2) is 67.7 Å². The summed E-state index contributed by atoms with van der Waals surface area (Å²) in [5.74, 6) is -0.0467. The molecule has 0 N–H and O–H groups in total. The van der Waals surface area contributed by atoms with Crippen molar-refractivity contribution >= 4 is 45.2 Å². The highest BCUT2D eigenvalue weighted by atomic mass is 79.9. The lowest BCUT2D eigenvalue weighted by Crippen LogP contribution is -2.33. The third-order valence-electron chi connectivity index (χ3n) is 5.17. The molecule has 0 spiro atoms. The van der Waals surface area contributed by atoms with Crippen molar-refractivity contribution < 1.29 is 4.79 Å². The first-order valence-corrected chi connectivity index (χ1v) is 10.9. The first-order chi connectivity index (χ1) is 14.3. The molecule has 30 heavy (non-hydrogen) atoms. The number of hydrogen-bond acceptors (Lipinski definition) is 4. The topological polar surface area (TPSA) is 39.2 Å². The molecule has 5 nitrogen and oxygen atoms in total. The normalized spacial score (nSPS) is 22.2. The zero-order valence-electron chi connectivity index (χ0n) is 17.5. The van der Waals surface area contributed by atoms with E-state index < -0.39 is 0 Å². The van der Waals surface area contributed by atoms with Crippen LogP contribution in [-0.2, 0) is 0 Å². The molecule has 2 aliphatic heterocycles. The van der Waals surface area contributed by atoms with E-state index in [4.69, 9.17) is 11.6 Å². The van der Waals surface area contributed by atoms with E-state index in [-0.39, 0.29) is 5.91 Å². The third kappa shape index (κ3) is 5.31. The highest BCUT2D eigenvalue weighted by Crippen LogP contribution is 2.30. The van der Waals surface area contributed by atoms with Gasteiger partial charge < -0.3 is 4.90 Å². The second-order valence-electron chi connectivity index (χ2n) is 7.57. The van der Waals surface area contributed by atoms with E-state index >= 15 is 0 Å². The first kappa shape index (κ1) is 22.5. The maximum atomic E-state index is 12.1. The summed E-state index contributed by atoms with van der Waals surface area (Å²) < 4.78 is 0.934. The van der Waals surface area contributed by atoms with E-state index in [1.807, 2.05) is 30.3 Å². The van der Waals surface area contributed by atoms with E-state index in [9.17, 15) is 4.79 Å². The standard InChI is InChI=1S/C23H26BrClN4O/c1-16-13-19(28(4)26-10-7-21(16)24)15-29-11-8-17(9-12-29)20-6-5-18(14-22(20)25)23(30)27(2)3/h5-8,10,13-14H,1,9,11-12,15H2,2-4H3/b19-13-,21-7+,26-10-. The van der Waals surface area contributed by atoms with Gasteiger partial charge in [-0.3, -0.25) is 14.7 Å². The Hall–Kier alpha value is -2.15. The number of benzene rings is 1. The maximum Gasteiger partial charge on any atom is 0.253 e. The summed E-state index contributed by atoms with van der Waals surface area (Å²) in [6, 6.07) is 5.56. The fraction of sp³-hybridized carbons (Fsp3) is 0.304. The molecule has 1 amide bonds. The summed E-state index contributed by atoms with van der Waals surface area (Å²) in [5, 5.41) is 6.93. The molecule has 2 heterocycles. The zero-order valence-corrected chi connectivity index (χ0v) is 19.9. The lowest BCUT2D eigenvalue weighted by molar-refractivity contribution is 0.0827. The molecule has 2 aliphatic rings. The lowest BCUT2D eigenvalue weighted by atomic mass is 9.98. The van der Waals surface area contributed by atoms with Crippen molar-refractivity contribution in [2.75, 3.05) is 40.8 Å². The minimum atomic E-state index is -0.0467. The third-order valence-corrected chi connectivity index (χ3v) is 6.26. The molecule has 0 aromatic heterocycles. The Bertz CT molecular complexity index is 977. The molecule has 158 valence electrons. The smallest absolute Gasteiger partial charge is 0.253 e. The second-order valence-corrected chi connectivity index (χ2v) is 8.83. The van der Waals surface area contributed by atoms with E-state index in [1.54, 1.807) is 31.3 Å². The van der Waals surface area contributed by atoms with Crippen molar-refractivity contribution in [1.82, 2.24) is 14.8 Å². The van der Waals surface area contributed by atoms with Crippen molar-refractivity contribution in [3.8, 4) is 0 Å². The van der Waals surface area contributed by atoms with Gasteiger partial charge in [0.15, 0.2) is 0 Å². The van der Waals surface area contributed by atoms with Gasteiger partial charge in [0.1, 0.15) is 0 Å². The molecular weight excluding hydrogens is 464 g/mol. The Balaban J connectivity index is 1.71. The Morgan fingerprint density at radius 1 is 1.37 bits per heavy atom. The highest BCUT2D eigenvalue weighted by Gasteiger charge is 2.19. The fourth-order valence-corrected chi connectivity index (χ4v) is 3.92. The van der Waals surface area contributed by atoms with E-state index in [0.717, 1.165) is 47.4 Å². The highest BCUT2D eigenvalue weighted by molar-refractivity contribution is 9.12. The number of halogens is 2. The van der Waals surface area contributed by atoms with Gasteiger partial charge >= 0.3 is 0 Å². The van der Waals surface area contributed by atoms with Gasteiger partial charge in [0.05, 0.1) is 5.70 Å². The van der Waals surface area contributed by atoms with Gasteiger partial charge in [-0.2, -0.15) is 5.10 Å². The fourth-order valence-electron chi connectivity index (χ4n) is 3.39. The molecular formula is C23H26BrClN4O. The molecule has 0 radical (unpaired) electrons. The SMILES string of the molecule is C=C1/C=C(/CN2CC=C(c3ccc(C(=O)N(C)C)cc3Cl)CC2)N(C)/N=C\C=C/1Br. The van der Waals surface area contributed by atoms with Crippen LogP contribution in [0.15, 0.2) is 63.9 Å². The molecule has 0 bridgehead atoms. The number of likely N-dealkylation sites (N-methyl/N-ethyl adjacent to an activating group) is 1. The van der Waals surface area contributed by atoms with Crippen LogP contribution in [0.5, 0.6) is 0 Å².